The van der Waals surface area contributed by atoms with E-state index >= 15 is 0 Å². The highest BCUT2D eigenvalue weighted by Gasteiger charge is 2.45. The van der Waals surface area contributed by atoms with Gasteiger partial charge in [0.25, 0.3) is 0 Å². The second kappa shape index (κ2) is 4.15. The summed E-state index contributed by atoms with van der Waals surface area (Å²) in [6.07, 6.45) is 1.25. The lowest BCUT2D eigenvalue weighted by Crippen LogP contribution is -2.38. The van der Waals surface area contributed by atoms with Crippen molar-refractivity contribution in [2.75, 3.05) is 6.61 Å². The van der Waals surface area contributed by atoms with Crippen LogP contribution in [0.3, 0.4) is 0 Å². The predicted molar refractivity (Wildman–Crippen MR) is 62.7 cm³/mol. The van der Waals surface area contributed by atoms with Gasteiger partial charge >= 0.3 is 0 Å². The minimum Gasteiger partial charge on any atom is -0.477 e. The van der Waals surface area contributed by atoms with Crippen molar-refractivity contribution in [3.63, 3.8) is 0 Å². The third kappa shape index (κ3) is 2.12. The number of benzene rings is 1. The molecule has 1 fully saturated rings. The van der Waals surface area contributed by atoms with Crippen LogP contribution in [0, 0.1) is 5.92 Å². The summed E-state index contributed by atoms with van der Waals surface area (Å²) in [4.78, 5) is 8.17. The van der Waals surface area contributed by atoms with E-state index in [1.807, 2.05) is 24.3 Å². The maximum Gasteiger partial charge on any atom is 0.248 e. The molecule has 1 aromatic heterocycles. The lowest BCUT2D eigenvalue weighted by atomic mass is 9.82. The highest BCUT2D eigenvalue weighted by atomic mass is 19.3. The number of fused-ring (bicyclic) bond motifs is 1. The van der Waals surface area contributed by atoms with Gasteiger partial charge < -0.3 is 4.74 Å². The van der Waals surface area contributed by atoms with Gasteiger partial charge in [0.2, 0.25) is 11.8 Å². The average Bonchev–Trinajstić information content (AvgIpc) is 2.33. The maximum atomic E-state index is 12.7. The molecule has 0 bridgehead atoms. The molecule has 1 aliphatic rings. The van der Waals surface area contributed by atoms with E-state index in [1.54, 1.807) is 0 Å². The van der Waals surface area contributed by atoms with Gasteiger partial charge in [-0.25, -0.2) is 18.7 Å². The fraction of sp³-hybridized carbons (Fsp3) is 0.385. The Balaban J connectivity index is 1.72. The molecule has 0 spiro atoms. The zero-order chi connectivity index (χ0) is 12.6. The van der Waals surface area contributed by atoms with E-state index in [4.69, 9.17) is 4.74 Å². The van der Waals surface area contributed by atoms with Crippen molar-refractivity contribution in [2.45, 2.75) is 18.8 Å². The van der Waals surface area contributed by atoms with Gasteiger partial charge in [-0.3, -0.25) is 0 Å². The Morgan fingerprint density at radius 1 is 1.22 bits per heavy atom. The summed E-state index contributed by atoms with van der Waals surface area (Å²) >= 11 is 0. The molecule has 0 N–H and O–H groups in total. The first-order chi connectivity index (χ1) is 8.64. The molecule has 0 amide bonds. The standard InChI is InChI=1S/C13H12F2N2O/c14-13(15)5-9(6-13)7-18-12-10-3-1-2-4-11(10)16-8-17-12/h1-4,8-9H,5-7H2. The minimum absolute atomic E-state index is 0.0753. The number of hydrogen-bond acceptors (Lipinski definition) is 3. The predicted octanol–water partition coefficient (Wildman–Crippen LogP) is 3.05. The third-order valence-corrected chi connectivity index (χ3v) is 3.14. The van der Waals surface area contributed by atoms with Crippen molar-refractivity contribution in [1.82, 2.24) is 9.97 Å². The summed E-state index contributed by atoms with van der Waals surface area (Å²) in [5.74, 6) is -2.11. The number of rotatable bonds is 3. The zero-order valence-corrected chi connectivity index (χ0v) is 9.64. The highest BCUT2D eigenvalue weighted by Crippen LogP contribution is 2.42. The van der Waals surface area contributed by atoms with E-state index in [1.165, 1.54) is 6.33 Å². The summed E-state index contributed by atoms with van der Waals surface area (Å²) in [6, 6.07) is 7.48. The lowest BCUT2D eigenvalue weighted by molar-refractivity contribution is -0.119. The van der Waals surface area contributed by atoms with Crippen LogP contribution >= 0.6 is 0 Å². The van der Waals surface area contributed by atoms with Crippen LogP contribution in [-0.2, 0) is 0 Å². The molecule has 94 valence electrons. The van der Waals surface area contributed by atoms with E-state index < -0.39 is 5.92 Å². The summed E-state index contributed by atoms with van der Waals surface area (Å²) in [5.41, 5.74) is 0.793. The number of para-hydroxylation sites is 1. The molecule has 1 heterocycles. The van der Waals surface area contributed by atoms with Crippen molar-refractivity contribution in [3.05, 3.63) is 30.6 Å². The van der Waals surface area contributed by atoms with E-state index in [9.17, 15) is 8.78 Å². The Labute approximate surface area is 103 Å². The number of alkyl halides is 2. The lowest BCUT2D eigenvalue weighted by Gasteiger charge is -2.34. The molecule has 1 saturated carbocycles. The van der Waals surface area contributed by atoms with Crippen LogP contribution in [0.25, 0.3) is 10.9 Å². The van der Waals surface area contributed by atoms with Crippen molar-refractivity contribution in [2.24, 2.45) is 5.92 Å². The fourth-order valence-electron chi connectivity index (χ4n) is 2.19. The first kappa shape index (κ1) is 11.3. The highest BCUT2D eigenvalue weighted by molar-refractivity contribution is 5.82. The van der Waals surface area contributed by atoms with Gasteiger partial charge in [-0.1, -0.05) is 12.1 Å². The number of ether oxygens (including phenoxy) is 1. The van der Waals surface area contributed by atoms with E-state index in [0.29, 0.717) is 5.88 Å². The SMILES string of the molecule is FC1(F)CC(COc2ncnc3ccccc23)C1. The number of halogens is 2. The van der Waals surface area contributed by atoms with Gasteiger partial charge in [-0.2, -0.15) is 0 Å². The molecular formula is C13H12F2N2O. The molecular weight excluding hydrogens is 238 g/mol. The van der Waals surface area contributed by atoms with Crippen molar-refractivity contribution < 1.29 is 13.5 Å². The first-order valence-corrected chi connectivity index (χ1v) is 5.84. The smallest absolute Gasteiger partial charge is 0.248 e. The summed E-state index contributed by atoms with van der Waals surface area (Å²) in [6.45, 7) is 0.288. The third-order valence-electron chi connectivity index (χ3n) is 3.14. The van der Waals surface area contributed by atoms with Gasteiger partial charge in [0, 0.05) is 18.8 Å². The van der Waals surface area contributed by atoms with E-state index in [2.05, 4.69) is 9.97 Å². The number of aromatic nitrogens is 2. The molecule has 2 aromatic rings. The van der Waals surface area contributed by atoms with Crippen LogP contribution < -0.4 is 4.74 Å². The molecule has 3 nitrogen and oxygen atoms in total. The molecule has 0 saturated heterocycles. The normalized spacial score (nSPS) is 18.6. The Bertz CT molecular complexity index is 560. The van der Waals surface area contributed by atoms with Gasteiger partial charge in [-0.05, 0) is 12.1 Å². The molecule has 3 rings (SSSR count). The molecule has 5 heteroatoms. The second-order valence-electron chi connectivity index (χ2n) is 4.64. The van der Waals surface area contributed by atoms with Crippen LogP contribution in [0.5, 0.6) is 5.88 Å². The van der Waals surface area contributed by atoms with Crippen molar-refractivity contribution >= 4 is 10.9 Å². The van der Waals surface area contributed by atoms with Crippen molar-refractivity contribution in [3.8, 4) is 5.88 Å². The number of hydrogen-bond donors (Lipinski definition) is 0. The van der Waals surface area contributed by atoms with Crippen LogP contribution in [0.15, 0.2) is 30.6 Å². The Morgan fingerprint density at radius 2 is 2.00 bits per heavy atom. The Morgan fingerprint density at radius 3 is 2.78 bits per heavy atom. The quantitative estimate of drug-likeness (QED) is 0.839. The van der Waals surface area contributed by atoms with Gasteiger partial charge in [-0.15, -0.1) is 0 Å². The summed E-state index contributed by atoms with van der Waals surface area (Å²) in [7, 11) is 0. The van der Waals surface area contributed by atoms with Crippen LogP contribution in [0.4, 0.5) is 8.78 Å². The van der Waals surface area contributed by atoms with Crippen molar-refractivity contribution in [1.29, 1.82) is 0 Å². The fourth-order valence-corrected chi connectivity index (χ4v) is 2.19. The average molecular weight is 250 g/mol. The van der Waals surface area contributed by atoms with Gasteiger partial charge in [0.1, 0.15) is 6.33 Å². The van der Waals surface area contributed by atoms with Crippen LogP contribution in [0.2, 0.25) is 0 Å². The van der Waals surface area contributed by atoms with Crippen LogP contribution in [0.1, 0.15) is 12.8 Å². The number of nitrogens with zero attached hydrogens (tertiary/aromatic N) is 2. The zero-order valence-electron chi connectivity index (χ0n) is 9.64. The topological polar surface area (TPSA) is 35.0 Å². The molecule has 0 atom stereocenters. The molecule has 0 aliphatic heterocycles. The monoisotopic (exact) mass is 250 g/mol. The Kier molecular flexibility index (Phi) is 2.61. The summed E-state index contributed by atoms with van der Waals surface area (Å²) < 4.78 is 30.9. The molecule has 0 radical (unpaired) electrons. The minimum atomic E-state index is -2.50. The van der Waals surface area contributed by atoms with Gasteiger partial charge in [0.15, 0.2) is 0 Å². The maximum absolute atomic E-state index is 12.7. The van der Waals surface area contributed by atoms with E-state index in [-0.39, 0.29) is 25.4 Å². The molecule has 0 unspecified atom stereocenters. The van der Waals surface area contributed by atoms with E-state index in [0.717, 1.165) is 10.9 Å². The Hall–Kier alpha value is -1.78. The van der Waals surface area contributed by atoms with Gasteiger partial charge in [0.05, 0.1) is 17.5 Å². The second-order valence-corrected chi connectivity index (χ2v) is 4.64. The largest absolute Gasteiger partial charge is 0.477 e. The van der Waals surface area contributed by atoms with Crippen LogP contribution in [-0.4, -0.2) is 22.5 Å². The first-order valence-electron chi connectivity index (χ1n) is 5.84. The summed E-state index contributed by atoms with van der Waals surface area (Å²) in [5, 5.41) is 0.811. The molecule has 18 heavy (non-hydrogen) atoms. The molecule has 1 aromatic carbocycles. The molecule has 1 aliphatic carbocycles.